The molecule has 1 aromatic heterocycles. The summed E-state index contributed by atoms with van der Waals surface area (Å²) in [5.41, 5.74) is 0.504. The molecule has 0 aliphatic carbocycles. The van der Waals surface area contributed by atoms with E-state index < -0.39 is 12.2 Å². The maximum absolute atomic E-state index is 12.0. The lowest BCUT2D eigenvalue weighted by Gasteiger charge is -2.00. The Labute approximate surface area is 74.4 Å². The van der Waals surface area contributed by atoms with E-state index in [0.717, 1.165) is 0 Å². The van der Waals surface area contributed by atoms with Gasteiger partial charge in [0, 0.05) is 12.2 Å². The SMILES string of the molecule is CCn1ncc(C(=O)C(F)F)c1C. The largest absolute Gasteiger partial charge is 0.300 e. The van der Waals surface area contributed by atoms with Crippen LogP contribution in [-0.4, -0.2) is 22.0 Å². The maximum Gasteiger partial charge on any atom is 0.300 e. The zero-order valence-corrected chi connectivity index (χ0v) is 7.42. The van der Waals surface area contributed by atoms with Crippen molar-refractivity contribution in [2.24, 2.45) is 0 Å². The molecule has 0 radical (unpaired) electrons. The fraction of sp³-hybridized carbons (Fsp3) is 0.500. The molecule has 1 aromatic rings. The first-order chi connectivity index (χ1) is 6.07. The second-order valence-electron chi connectivity index (χ2n) is 2.62. The number of nitrogens with zero attached hydrogens (tertiary/aromatic N) is 2. The molecule has 0 fully saturated rings. The van der Waals surface area contributed by atoms with Crippen molar-refractivity contribution < 1.29 is 13.6 Å². The van der Waals surface area contributed by atoms with Gasteiger partial charge in [-0.1, -0.05) is 0 Å². The number of hydrogen-bond acceptors (Lipinski definition) is 2. The summed E-state index contributed by atoms with van der Waals surface area (Å²) >= 11 is 0. The molecule has 0 unspecified atom stereocenters. The Morgan fingerprint density at radius 3 is 2.69 bits per heavy atom. The Morgan fingerprint density at radius 2 is 2.31 bits per heavy atom. The highest BCUT2D eigenvalue weighted by Gasteiger charge is 2.21. The second kappa shape index (κ2) is 3.64. The van der Waals surface area contributed by atoms with Gasteiger partial charge in [-0.25, -0.2) is 8.78 Å². The first-order valence-electron chi connectivity index (χ1n) is 3.92. The van der Waals surface area contributed by atoms with Crippen molar-refractivity contribution >= 4 is 5.78 Å². The van der Waals surface area contributed by atoms with Crippen LogP contribution in [0.5, 0.6) is 0 Å². The van der Waals surface area contributed by atoms with Crippen LogP contribution in [0.1, 0.15) is 23.0 Å². The number of Topliss-reactive ketones (excluding diaryl/α,β-unsaturated/α-hetero) is 1. The molecule has 0 bridgehead atoms. The quantitative estimate of drug-likeness (QED) is 0.676. The van der Waals surface area contributed by atoms with Gasteiger partial charge in [0.05, 0.1) is 11.8 Å². The topological polar surface area (TPSA) is 34.9 Å². The summed E-state index contributed by atoms with van der Waals surface area (Å²) in [6.45, 7) is 4.01. The van der Waals surface area contributed by atoms with E-state index >= 15 is 0 Å². The molecule has 13 heavy (non-hydrogen) atoms. The van der Waals surface area contributed by atoms with Crippen molar-refractivity contribution in [1.82, 2.24) is 9.78 Å². The molecule has 1 rings (SSSR count). The van der Waals surface area contributed by atoms with E-state index in [-0.39, 0.29) is 5.56 Å². The molecule has 0 aliphatic heterocycles. The fourth-order valence-electron chi connectivity index (χ4n) is 1.12. The van der Waals surface area contributed by atoms with E-state index in [9.17, 15) is 13.6 Å². The Morgan fingerprint density at radius 1 is 1.69 bits per heavy atom. The van der Waals surface area contributed by atoms with Gasteiger partial charge < -0.3 is 0 Å². The highest BCUT2D eigenvalue weighted by Crippen LogP contribution is 2.12. The lowest BCUT2D eigenvalue weighted by atomic mass is 10.2. The second-order valence-corrected chi connectivity index (χ2v) is 2.62. The Balaban J connectivity index is 3.02. The molecule has 0 atom stereocenters. The van der Waals surface area contributed by atoms with Gasteiger partial charge in [0.25, 0.3) is 0 Å². The van der Waals surface area contributed by atoms with Gasteiger partial charge in [-0.2, -0.15) is 5.10 Å². The third-order valence-electron chi connectivity index (χ3n) is 1.87. The summed E-state index contributed by atoms with van der Waals surface area (Å²) in [6, 6.07) is 0. The highest BCUT2D eigenvalue weighted by molar-refractivity contribution is 5.99. The molecule has 0 amide bonds. The van der Waals surface area contributed by atoms with Gasteiger partial charge in [-0.3, -0.25) is 9.48 Å². The maximum atomic E-state index is 12.0. The van der Waals surface area contributed by atoms with Crippen molar-refractivity contribution in [2.45, 2.75) is 26.8 Å². The Bertz CT molecular complexity index is 320. The minimum absolute atomic E-state index is 0.0110. The third-order valence-corrected chi connectivity index (χ3v) is 1.87. The third kappa shape index (κ3) is 1.74. The van der Waals surface area contributed by atoms with Crippen LogP contribution in [-0.2, 0) is 6.54 Å². The van der Waals surface area contributed by atoms with Gasteiger partial charge in [0.1, 0.15) is 0 Å². The van der Waals surface area contributed by atoms with Crippen molar-refractivity contribution in [3.63, 3.8) is 0 Å². The molecule has 1 heterocycles. The van der Waals surface area contributed by atoms with Crippen LogP contribution in [0.15, 0.2) is 6.20 Å². The van der Waals surface area contributed by atoms with E-state index in [1.807, 2.05) is 6.92 Å². The standard InChI is InChI=1S/C8H10F2N2O/c1-3-12-5(2)6(4-11-12)7(13)8(9)10/h4,8H,3H2,1-2H3. The van der Waals surface area contributed by atoms with Gasteiger partial charge in [0.15, 0.2) is 0 Å². The smallest absolute Gasteiger partial charge is 0.288 e. The molecule has 5 heteroatoms. The summed E-state index contributed by atoms with van der Waals surface area (Å²) < 4.78 is 25.6. The van der Waals surface area contributed by atoms with Crippen LogP contribution >= 0.6 is 0 Å². The lowest BCUT2D eigenvalue weighted by molar-refractivity contribution is 0.0678. The van der Waals surface area contributed by atoms with Crippen LogP contribution < -0.4 is 0 Å². The normalized spacial score (nSPS) is 10.8. The minimum atomic E-state index is -2.95. The highest BCUT2D eigenvalue weighted by atomic mass is 19.3. The number of rotatable bonds is 3. The van der Waals surface area contributed by atoms with Gasteiger partial charge >= 0.3 is 6.43 Å². The number of carbonyl (C=O) groups is 1. The fourth-order valence-corrected chi connectivity index (χ4v) is 1.12. The molecule has 0 aromatic carbocycles. The average molecular weight is 188 g/mol. The Kier molecular flexibility index (Phi) is 2.75. The summed E-state index contributed by atoms with van der Waals surface area (Å²) in [5.74, 6) is -1.16. The monoisotopic (exact) mass is 188 g/mol. The molecule has 0 saturated carbocycles. The van der Waals surface area contributed by atoms with Crippen LogP contribution in [0.3, 0.4) is 0 Å². The number of hydrogen-bond donors (Lipinski definition) is 0. The molecule has 72 valence electrons. The van der Waals surface area contributed by atoms with Crippen molar-refractivity contribution in [3.05, 3.63) is 17.5 Å². The zero-order chi connectivity index (χ0) is 10.0. The first kappa shape index (κ1) is 9.83. The summed E-state index contributed by atoms with van der Waals surface area (Å²) in [7, 11) is 0. The number of alkyl halides is 2. The van der Waals surface area contributed by atoms with Crippen molar-refractivity contribution in [2.75, 3.05) is 0 Å². The van der Waals surface area contributed by atoms with Gasteiger partial charge in [-0.15, -0.1) is 0 Å². The predicted molar refractivity (Wildman–Crippen MR) is 43.0 cm³/mol. The summed E-state index contributed by atoms with van der Waals surface area (Å²) in [4.78, 5) is 10.9. The Hall–Kier alpha value is -1.26. The number of aromatic nitrogens is 2. The van der Waals surface area contributed by atoms with Crippen molar-refractivity contribution in [3.8, 4) is 0 Å². The predicted octanol–water partition coefficient (Wildman–Crippen LogP) is 1.66. The summed E-state index contributed by atoms with van der Waals surface area (Å²) in [6.07, 6.45) is -1.76. The number of carbonyl (C=O) groups excluding carboxylic acids is 1. The van der Waals surface area contributed by atoms with E-state index in [4.69, 9.17) is 0 Å². The van der Waals surface area contributed by atoms with Crippen LogP contribution in [0.2, 0.25) is 0 Å². The van der Waals surface area contributed by atoms with E-state index in [0.29, 0.717) is 12.2 Å². The van der Waals surface area contributed by atoms with Crippen LogP contribution in [0, 0.1) is 6.92 Å². The zero-order valence-electron chi connectivity index (χ0n) is 7.42. The van der Waals surface area contributed by atoms with Gasteiger partial charge in [-0.05, 0) is 13.8 Å². The number of ketones is 1. The van der Waals surface area contributed by atoms with E-state index in [1.165, 1.54) is 10.9 Å². The molecule has 0 spiro atoms. The van der Waals surface area contributed by atoms with Crippen LogP contribution in [0.25, 0.3) is 0 Å². The minimum Gasteiger partial charge on any atom is -0.288 e. The molecule has 0 aliphatic rings. The molecular formula is C8H10F2N2O. The first-order valence-corrected chi connectivity index (χ1v) is 3.92. The number of halogens is 2. The van der Waals surface area contributed by atoms with Crippen LogP contribution in [0.4, 0.5) is 8.78 Å². The van der Waals surface area contributed by atoms with E-state index in [2.05, 4.69) is 5.10 Å². The van der Waals surface area contributed by atoms with E-state index in [1.54, 1.807) is 6.92 Å². The molecule has 0 saturated heterocycles. The lowest BCUT2D eigenvalue weighted by Crippen LogP contribution is -2.11. The number of aryl methyl sites for hydroxylation is 1. The summed E-state index contributed by atoms with van der Waals surface area (Å²) in [5, 5.41) is 3.80. The average Bonchev–Trinajstić information content (AvgIpc) is 2.45. The van der Waals surface area contributed by atoms with Gasteiger partial charge in [0.2, 0.25) is 5.78 Å². The molecule has 0 N–H and O–H groups in total. The van der Waals surface area contributed by atoms with Crippen molar-refractivity contribution in [1.29, 1.82) is 0 Å². The molecular weight excluding hydrogens is 178 g/mol. The molecule has 3 nitrogen and oxygen atoms in total.